The molecule has 6 nitrogen and oxygen atoms in total. The average Bonchev–Trinajstić information content (AvgIpc) is 2.45. The number of rotatable bonds is 5. The minimum absolute atomic E-state index is 0.0149. The molecule has 1 aromatic carbocycles. The molecule has 0 unspecified atom stereocenters. The molecule has 0 atom stereocenters. The summed E-state index contributed by atoms with van der Waals surface area (Å²) in [5.74, 6) is -0.471. The first-order chi connectivity index (χ1) is 10.3. The minimum Gasteiger partial charge on any atom is -0.348 e. The molecule has 2 N–H and O–H groups in total. The van der Waals surface area contributed by atoms with Crippen LogP contribution in [0.1, 0.15) is 21.5 Å². The summed E-state index contributed by atoms with van der Waals surface area (Å²) >= 11 is 0. The minimum atomic E-state index is -3.06. The van der Waals surface area contributed by atoms with Gasteiger partial charge in [0.2, 0.25) is 0 Å². The number of aromatic amines is 1. The van der Waals surface area contributed by atoms with Crippen molar-refractivity contribution in [3.8, 4) is 0 Å². The second-order valence-corrected chi connectivity index (χ2v) is 7.12. The van der Waals surface area contributed by atoms with Crippen LogP contribution in [0.5, 0.6) is 0 Å². The van der Waals surface area contributed by atoms with E-state index >= 15 is 0 Å². The average molecular weight is 320 g/mol. The van der Waals surface area contributed by atoms with E-state index in [1.807, 2.05) is 0 Å². The highest BCUT2D eigenvalue weighted by molar-refractivity contribution is 7.89. The second-order valence-electron chi connectivity index (χ2n) is 4.98. The van der Waals surface area contributed by atoms with E-state index in [-0.39, 0.29) is 17.9 Å². The van der Waals surface area contributed by atoms with Crippen LogP contribution in [0.25, 0.3) is 0 Å². The van der Waals surface area contributed by atoms with E-state index < -0.39 is 21.3 Å². The molecule has 22 heavy (non-hydrogen) atoms. The highest BCUT2D eigenvalue weighted by Gasteiger charge is 2.09. The highest BCUT2D eigenvalue weighted by Crippen LogP contribution is 2.08. The summed E-state index contributed by atoms with van der Waals surface area (Å²) in [5.41, 5.74) is 1.12. The van der Waals surface area contributed by atoms with E-state index in [2.05, 4.69) is 10.3 Å². The van der Waals surface area contributed by atoms with E-state index in [1.54, 1.807) is 30.3 Å². The quantitative estimate of drug-likeness (QED) is 0.853. The zero-order valence-electron chi connectivity index (χ0n) is 12.0. The van der Waals surface area contributed by atoms with E-state index in [9.17, 15) is 18.0 Å². The lowest BCUT2D eigenvalue weighted by Crippen LogP contribution is -2.28. The normalized spacial score (nSPS) is 11.1. The predicted molar refractivity (Wildman–Crippen MR) is 83.2 cm³/mol. The Hall–Kier alpha value is -2.41. The molecule has 0 aliphatic heterocycles. The van der Waals surface area contributed by atoms with Crippen molar-refractivity contribution in [3.05, 3.63) is 69.6 Å². The Morgan fingerprint density at radius 3 is 2.36 bits per heavy atom. The van der Waals surface area contributed by atoms with Gasteiger partial charge in [-0.15, -0.1) is 0 Å². The molecule has 0 radical (unpaired) electrons. The summed E-state index contributed by atoms with van der Waals surface area (Å²) in [6, 6.07) is 9.93. The van der Waals surface area contributed by atoms with Crippen molar-refractivity contribution in [1.82, 2.24) is 10.3 Å². The fraction of sp³-hybridized carbons (Fsp3) is 0.200. The number of carbonyl (C=O) groups excluding carboxylic acids is 1. The second kappa shape index (κ2) is 6.57. The van der Waals surface area contributed by atoms with Gasteiger partial charge in [-0.3, -0.25) is 9.59 Å². The van der Waals surface area contributed by atoms with Gasteiger partial charge in [0.15, 0.2) is 9.84 Å². The molecule has 2 aromatic rings. The third-order valence-electron chi connectivity index (χ3n) is 2.97. The van der Waals surface area contributed by atoms with E-state index in [1.165, 1.54) is 18.5 Å². The molecule has 1 heterocycles. The molecule has 0 aliphatic rings. The lowest BCUT2D eigenvalue weighted by Gasteiger charge is -2.06. The van der Waals surface area contributed by atoms with Crippen LogP contribution in [0.15, 0.2) is 47.4 Å². The third-order valence-corrected chi connectivity index (χ3v) is 3.83. The number of aromatic nitrogens is 1. The summed E-state index contributed by atoms with van der Waals surface area (Å²) in [4.78, 5) is 25.8. The van der Waals surface area contributed by atoms with Crippen LogP contribution in [0.4, 0.5) is 0 Å². The van der Waals surface area contributed by atoms with Gasteiger partial charge in [-0.25, -0.2) is 8.42 Å². The largest absolute Gasteiger partial charge is 0.348 e. The van der Waals surface area contributed by atoms with Gasteiger partial charge in [0.1, 0.15) is 5.56 Å². The molecule has 0 aliphatic carbocycles. The Bertz CT molecular complexity index is 823. The molecule has 2 rings (SSSR count). The van der Waals surface area contributed by atoms with E-state index in [0.717, 1.165) is 5.56 Å². The van der Waals surface area contributed by atoms with Crippen molar-refractivity contribution >= 4 is 15.7 Å². The Labute approximate surface area is 128 Å². The number of hydrogen-bond donors (Lipinski definition) is 2. The van der Waals surface area contributed by atoms with Gasteiger partial charge >= 0.3 is 0 Å². The van der Waals surface area contributed by atoms with Gasteiger partial charge in [-0.05, 0) is 23.3 Å². The number of H-pyrrole nitrogens is 1. The topological polar surface area (TPSA) is 96.1 Å². The van der Waals surface area contributed by atoms with Crippen molar-refractivity contribution in [1.29, 1.82) is 0 Å². The van der Waals surface area contributed by atoms with Crippen molar-refractivity contribution in [2.24, 2.45) is 0 Å². The van der Waals surface area contributed by atoms with Crippen molar-refractivity contribution < 1.29 is 13.2 Å². The lowest BCUT2D eigenvalue weighted by molar-refractivity contribution is 0.0949. The van der Waals surface area contributed by atoms with Crippen LogP contribution in [-0.2, 0) is 22.1 Å². The third kappa shape index (κ3) is 4.56. The SMILES string of the molecule is CS(=O)(=O)Cc1ccc(CNC(=O)c2ccc[nH]c2=O)cc1. The standard InChI is InChI=1S/C15H16N2O4S/c1-22(20,21)10-12-6-4-11(5-7-12)9-17-15(19)13-3-2-8-16-14(13)18/h2-8H,9-10H2,1H3,(H,16,18)(H,17,19). The van der Waals surface area contributed by atoms with Crippen molar-refractivity contribution in [2.75, 3.05) is 6.26 Å². The van der Waals surface area contributed by atoms with Crippen LogP contribution in [-0.4, -0.2) is 25.6 Å². The first-order valence-electron chi connectivity index (χ1n) is 6.56. The van der Waals surface area contributed by atoms with Crippen LogP contribution in [0, 0.1) is 0 Å². The van der Waals surface area contributed by atoms with Gasteiger partial charge in [-0.2, -0.15) is 0 Å². The maximum Gasteiger partial charge on any atom is 0.260 e. The van der Waals surface area contributed by atoms with Crippen LogP contribution in [0.3, 0.4) is 0 Å². The Morgan fingerprint density at radius 1 is 1.14 bits per heavy atom. The summed E-state index contributed by atoms with van der Waals surface area (Å²) < 4.78 is 22.4. The highest BCUT2D eigenvalue weighted by atomic mass is 32.2. The number of hydrogen-bond acceptors (Lipinski definition) is 4. The molecular formula is C15H16N2O4S. The van der Waals surface area contributed by atoms with Crippen LogP contribution in [0.2, 0.25) is 0 Å². The number of pyridine rings is 1. The molecule has 0 fully saturated rings. The zero-order valence-corrected chi connectivity index (χ0v) is 12.8. The molecule has 0 bridgehead atoms. The summed E-state index contributed by atoms with van der Waals surface area (Å²) in [5, 5.41) is 2.65. The number of carbonyl (C=O) groups is 1. The lowest BCUT2D eigenvalue weighted by atomic mass is 10.1. The number of nitrogens with one attached hydrogen (secondary N) is 2. The summed E-state index contributed by atoms with van der Waals surface area (Å²) in [6.45, 7) is 0.256. The molecule has 0 spiro atoms. The van der Waals surface area contributed by atoms with Gasteiger partial charge < -0.3 is 10.3 Å². The Kier molecular flexibility index (Phi) is 4.77. The fourth-order valence-electron chi connectivity index (χ4n) is 1.93. The smallest absolute Gasteiger partial charge is 0.260 e. The van der Waals surface area contributed by atoms with Crippen LogP contribution < -0.4 is 10.9 Å². The predicted octanol–water partition coefficient (Wildman–Crippen LogP) is 0.850. The summed E-state index contributed by atoms with van der Waals surface area (Å²) in [7, 11) is -3.06. The maximum atomic E-state index is 11.9. The van der Waals surface area contributed by atoms with Gasteiger partial charge in [0.05, 0.1) is 5.75 Å². The zero-order chi connectivity index (χ0) is 16.2. The molecule has 1 aromatic heterocycles. The Morgan fingerprint density at radius 2 is 1.77 bits per heavy atom. The molecular weight excluding hydrogens is 304 g/mol. The molecule has 7 heteroatoms. The molecule has 1 amide bonds. The number of amides is 1. The number of sulfone groups is 1. The number of benzene rings is 1. The van der Waals surface area contributed by atoms with Crippen molar-refractivity contribution in [3.63, 3.8) is 0 Å². The van der Waals surface area contributed by atoms with Gasteiger partial charge in [0, 0.05) is 19.0 Å². The van der Waals surface area contributed by atoms with Crippen molar-refractivity contribution in [2.45, 2.75) is 12.3 Å². The Balaban J connectivity index is 1.99. The molecule has 116 valence electrons. The molecule has 0 saturated carbocycles. The van der Waals surface area contributed by atoms with E-state index in [4.69, 9.17) is 0 Å². The first-order valence-corrected chi connectivity index (χ1v) is 8.63. The van der Waals surface area contributed by atoms with E-state index in [0.29, 0.717) is 5.56 Å². The van der Waals surface area contributed by atoms with Crippen LogP contribution >= 0.6 is 0 Å². The fourth-order valence-corrected chi connectivity index (χ4v) is 2.73. The van der Waals surface area contributed by atoms with Gasteiger partial charge in [-0.1, -0.05) is 24.3 Å². The molecule has 0 saturated heterocycles. The summed E-state index contributed by atoms with van der Waals surface area (Å²) in [6.07, 6.45) is 2.64. The maximum absolute atomic E-state index is 11.9. The van der Waals surface area contributed by atoms with Gasteiger partial charge in [0.25, 0.3) is 11.5 Å². The monoisotopic (exact) mass is 320 g/mol. The first kappa shape index (κ1) is 16.0.